The van der Waals surface area contributed by atoms with Crippen LogP contribution >= 0.6 is 23.1 Å². The van der Waals surface area contributed by atoms with Crippen LogP contribution in [0.1, 0.15) is 42.5 Å². The first-order chi connectivity index (χ1) is 16.4. The second-order valence-electron chi connectivity index (χ2n) is 7.78. The molecule has 34 heavy (non-hydrogen) atoms. The highest BCUT2D eigenvalue weighted by Gasteiger charge is 2.17. The van der Waals surface area contributed by atoms with Crippen molar-refractivity contribution in [3.63, 3.8) is 0 Å². The van der Waals surface area contributed by atoms with Crippen LogP contribution in [0.4, 0.5) is 10.8 Å². The second-order valence-corrected chi connectivity index (χ2v) is 11.3. The molecular formula is C23H23N5O3S3. The fourth-order valence-electron chi connectivity index (χ4n) is 3.65. The van der Waals surface area contributed by atoms with Crippen LogP contribution in [0.2, 0.25) is 0 Å². The van der Waals surface area contributed by atoms with Crippen LogP contribution in [-0.2, 0) is 27.7 Å². The van der Waals surface area contributed by atoms with Crippen molar-refractivity contribution in [1.29, 1.82) is 5.26 Å². The van der Waals surface area contributed by atoms with E-state index in [1.54, 1.807) is 5.38 Å². The normalized spacial score (nSPS) is 13.7. The van der Waals surface area contributed by atoms with Crippen LogP contribution in [0, 0.1) is 11.3 Å². The Labute approximate surface area is 206 Å². The number of thiazole rings is 1. The molecule has 2 heterocycles. The van der Waals surface area contributed by atoms with Gasteiger partial charge < -0.3 is 5.32 Å². The summed E-state index contributed by atoms with van der Waals surface area (Å²) >= 11 is 2.42. The van der Waals surface area contributed by atoms with E-state index in [4.69, 9.17) is 4.98 Å². The number of carbonyl (C=O) groups excluding carboxylic acids is 1. The first-order valence-corrected chi connectivity index (χ1v) is 14.2. The molecule has 0 aliphatic heterocycles. The molecule has 0 radical (unpaired) electrons. The highest BCUT2D eigenvalue weighted by atomic mass is 32.2. The number of thioether (sulfide) groups is 1. The van der Waals surface area contributed by atoms with E-state index in [9.17, 15) is 18.5 Å². The molecule has 11 heteroatoms. The van der Waals surface area contributed by atoms with Gasteiger partial charge in [0.2, 0.25) is 5.91 Å². The summed E-state index contributed by atoms with van der Waals surface area (Å²) < 4.78 is 27.3. The maximum absolute atomic E-state index is 12.5. The molecule has 0 unspecified atom stereocenters. The Balaban J connectivity index is 1.38. The molecule has 0 fully saturated rings. The number of amides is 1. The average molecular weight is 514 g/mol. The standard InChI is InChI=1S/C23H23N5O3S3/c24-14-17-13-16-5-3-1-2-4-6-20(16)27-22(17)33-15-21(29)26-18-7-9-19(10-8-18)34(30,31)28-23-25-11-12-32-23/h7-13H,1-6,15H2,(H,25,28)(H,26,29). The lowest BCUT2D eigenvalue weighted by atomic mass is 9.96. The molecule has 0 bridgehead atoms. The minimum atomic E-state index is -3.75. The maximum atomic E-state index is 12.5. The molecule has 1 aliphatic carbocycles. The van der Waals surface area contributed by atoms with Crippen molar-refractivity contribution in [3.05, 3.63) is 58.7 Å². The molecule has 2 aromatic heterocycles. The number of nitrogens with zero attached hydrogens (tertiary/aromatic N) is 3. The Morgan fingerprint density at radius 2 is 1.91 bits per heavy atom. The molecule has 2 N–H and O–H groups in total. The Morgan fingerprint density at radius 1 is 1.15 bits per heavy atom. The first kappa shape index (κ1) is 24.2. The van der Waals surface area contributed by atoms with Crippen molar-refractivity contribution in [2.45, 2.75) is 48.4 Å². The lowest BCUT2D eigenvalue weighted by Gasteiger charge is -2.15. The lowest BCUT2D eigenvalue weighted by Crippen LogP contribution is -2.15. The van der Waals surface area contributed by atoms with E-state index in [0.717, 1.165) is 36.9 Å². The molecular weight excluding hydrogens is 490 g/mol. The van der Waals surface area contributed by atoms with Crippen LogP contribution in [-0.4, -0.2) is 30.0 Å². The molecule has 0 atom stereocenters. The number of hydrogen-bond donors (Lipinski definition) is 2. The van der Waals surface area contributed by atoms with Crippen LogP contribution in [0.3, 0.4) is 0 Å². The number of hydrogen-bond acceptors (Lipinski definition) is 8. The molecule has 1 amide bonds. The quantitative estimate of drug-likeness (QED) is 0.442. The van der Waals surface area contributed by atoms with Crippen LogP contribution in [0.5, 0.6) is 0 Å². The zero-order valence-corrected chi connectivity index (χ0v) is 20.7. The third kappa shape index (κ3) is 6.14. The van der Waals surface area contributed by atoms with Gasteiger partial charge in [-0.25, -0.2) is 18.4 Å². The van der Waals surface area contributed by atoms with E-state index in [2.05, 4.69) is 21.1 Å². The number of fused-ring (bicyclic) bond motifs is 1. The van der Waals surface area contributed by atoms with Crippen molar-refractivity contribution >= 4 is 49.8 Å². The van der Waals surface area contributed by atoms with Crippen molar-refractivity contribution < 1.29 is 13.2 Å². The summed E-state index contributed by atoms with van der Waals surface area (Å²) in [5.41, 5.74) is 3.15. The Hall–Kier alpha value is -2.94. The Bertz CT molecular complexity index is 1300. The summed E-state index contributed by atoms with van der Waals surface area (Å²) in [5, 5.41) is 14.9. The van der Waals surface area contributed by atoms with E-state index in [-0.39, 0.29) is 21.7 Å². The molecule has 1 aliphatic rings. The van der Waals surface area contributed by atoms with Crippen LogP contribution in [0.25, 0.3) is 0 Å². The molecule has 0 saturated heterocycles. The van der Waals surface area contributed by atoms with Crippen molar-refractivity contribution in [1.82, 2.24) is 9.97 Å². The Morgan fingerprint density at radius 3 is 2.62 bits per heavy atom. The predicted molar refractivity (Wildman–Crippen MR) is 134 cm³/mol. The third-order valence-electron chi connectivity index (χ3n) is 5.33. The minimum Gasteiger partial charge on any atom is -0.325 e. The number of anilines is 2. The summed E-state index contributed by atoms with van der Waals surface area (Å²) in [7, 11) is -3.75. The van der Waals surface area contributed by atoms with Crippen molar-refractivity contribution in [2.75, 3.05) is 15.8 Å². The second kappa shape index (κ2) is 11.0. The number of nitriles is 1. The number of aromatic nitrogens is 2. The van der Waals surface area contributed by atoms with Gasteiger partial charge in [0.1, 0.15) is 11.1 Å². The third-order valence-corrected chi connectivity index (χ3v) is 8.49. The van der Waals surface area contributed by atoms with E-state index >= 15 is 0 Å². The molecule has 1 aromatic carbocycles. The van der Waals surface area contributed by atoms with Gasteiger partial charge in [-0.1, -0.05) is 24.6 Å². The molecule has 3 aromatic rings. The van der Waals surface area contributed by atoms with Crippen LogP contribution in [0.15, 0.2) is 51.8 Å². The maximum Gasteiger partial charge on any atom is 0.263 e. The smallest absolute Gasteiger partial charge is 0.263 e. The van der Waals surface area contributed by atoms with Gasteiger partial charge in [-0.15, -0.1) is 11.3 Å². The van der Waals surface area contributed by atoms with Gasteiger partial charge in [0, 0.05) is 23.0 Å². The van der Waals surface area contributed by atoms with E-state index in [1.165, 1.54) is 66.4 Å². The molecule has 176 valence electrons. The largest absolute Gasteiger partial charge is 0.325 e. The fourth-order valence-corrected chi connectivity index (χ4v) is 6.22. The number of sulfonamides is 1. The van der Waals surface area contributed by atoms with Crippen LogP contribution < -0.4 is 10.0 Å². The summed E-state index contributed by atoms with van der Waals surface area (Å²) in [6.45, 7) is 0. The summed E-state index contributed by atoms with van der Waals surface area (Å²) in [4.78, 5) is 21.2. The van der Waals surface area contributed by atoms with E-state index in [1.807, 2.05) is 6.07 Å². The number of aryl methyl sites for hydroxylation is 2. The van der Waals surface area contributed by atoms with Crippen molar-refractivity contribution in [3.8, 4) is 6.07 Å². The predicted octanol–water partition coefficient (Wildman–Crippen LogP) is 4.60. The zero-order valence-electron chi connectivity index (χ0n) is 18.3. The number of benzene rings is 1. The molecule has 0 spiro atoms. The van der Waals surface area contributed by atoms with Gasteiger partial charge in [0.25, 0.3) is 10.0 Å². The van der Waals surface area contributed by atoms with Gasteiger partial charge in [0.15, 0.2) is 5.13 Å². The monoisotopic (exact) mass is 513 g/mol. The fraction of sp³-hybridized carbons (Fsp3) is 0.304. The number of rotatable bonds is 7. The van der Waals surface area contributed by atoms with Gasteiger partial charge in [-0.05, 0) is 61.6 Å². The number of pyridine rings is 1. The van der Waals surface area contributed by atoms with E-state index < -0.39 is 10.0 Å². The van der Waals surface area contributed by atoms with Gasteiger partial charge in [0.05, 0.1) is 16.2 Å². The molecule has 0 saturated carbocycles. The number of carbonyl (C=O) groups is 1. The first-order valence-electron chi connectivity index (χ1n) is 10.8. The van der Waals surface area contributed by atoms with Crippen molar-refractivity contribution in [2.24, 2.45) is 0 Å². The topological polar surface area (TPSA) is 125 Å². The summed E-state index contributed by atoms with van der Waals surface area (Å²) in [6.07, 6.45) is 7.93. The molecule has 8 nitrogen and oxygen atoms in total. The van der Waals surface area contributed by atoms with Gasteiger partial charge in [-0.3, -0.25) is 9.52 Å². The SMILES string of the molecule is N#Cc1cc2c(nc1SCC(=O)Nc1ccc(S(=O)(=O)Nc3nccs3)cc1)CCCCCC2. The summed E-state index contributed by atoms with van der Waals surface area (Å²) in [6, 6.07) is 10.0. The minimum absolute atomic E-state index is 0.0683. The average Bonchev–Trinajstić information content (AvgIpc) is 3.31. The number of nitrogens with one attached hydrogen (secondary N) is 2. The van der Waals surface area contributed by atoms with E-state index in [0.29, 0.717) is 16.3 Å². The molecule has 4 rings (SSSR count). The highest BCUT2D eigenvalue weighted by molar-refractivity contribution is 8.00. The highest BCUT2D eigenvalue weighted by Crippen LogP contribution is 2.27. The van der Waals surface area contributed by atoms with Gasteiger partial charge >= 0.3 is 0 Å². The zero-order chi connectivity index (χ0) is 24.0. The summed E-state index contributed by atoms with van der Waals surface area (Å²) in [5.74, 6) is -0.175. The van der Waals surface area contributed by atoms with Gasteiger partial charge in [-0.2, -0.15) is 5.26 Å². The lowest BCUT2D eigenvalue weighted by molar-refractivity contribution is -0.113. The Kier molecular flexibility index (Phi) is 7.82.